The molecular weight excluding hydrogens is 706 g/mol. The zero-order valence-electron chi connectivity index (χ0n) is 35.1. The topological polar surface area (TPSA) is 32.8 Å². The molecule has 0 saturated heterocycles. The zero-order chi connectivity index (χ0) is 38.6. The van der Waals surface area contributed by atoms with Gasteiger partial charge in [0.05, 0.1) is 12.5 Å². The monoisotopic (exact) mass is 770 g/mol. The second-order valence-electron chi connectivity index (χ2n) is 19.2. The van der Waals surface area contributed by atoms with Gasteiger partial charge in [-0.15, -0.1) is 0 Å². The van der Waals surface area contributed by atoms with E-state index in [0.29, 0.717) is 0 Å². The number of methoxy groups -OCH3 is 1. The molecule has 55 heavy (non-hydrogen) atoms. The molecule has 0 spiro atoms. The highest BCUT2D eigenvalue weighted by molar-refractivity contribution is 7.63. The van der Waals surface area contributed by atoms with Gasteiger partial charge in [-0.3, -0.25) is 4.79 Å². The fourth-order valence-corrected chi connectivity index (χ4v) is 16.7. The van der Waals surface area contributed by atoms with E-state index in [1.807, 2.05) is 0 Å². The van der Waals surface area contributed by atoms with Gasteiger partial charge in [-0.25, -0.2) is 0 Å². The van der Waals surface area contributed by atoms with Crippen molar-refractivity contribution >= 4 is 56.7 Å². The second kappa shape index (κ2) is 15.4. The van der Waals surface area contributed by atoms with Crippen molar-refractivity contribution in [2.45, 2.75) is 148 Å². The third kappa shape index (κ3) is 7.22. The number of hydrogen-bond acceptors (Lipinski definition) is 4. The minimum absolute atomic E-state index is 0.0652. The minimum atomic E-state index is -1.61. The maximum absolute atomic E-state index is 13.5. The molecule has 3 aliphatic carbocycles. The zero-order valence-corrected chi connectivity index (χ0v) is 37.0. The van der Waals surface area contributed by atoms with Crippen LogP contribution < -0.4 is 14.9 Å². The van der Waals surface area contributed by atoms with Gasteiger partial charge >= 0.3 is 13.0 Å². The van der Waals surface area contributed by atoms with Crippen LogP contribution in [0.25, 0.3) is 10.8 Å². The van der Waals surface area contributed by atoms with E-state index in [2.05, 4.69) is 117 Å². The van der Waals surface area contributed by atoms with Crippen LogP contribution in [0.15, 0.2) is 60.7 Å². The number of carbonyl (C=O) groups is 1. The standard InChI is InChI=1S/C48H64BN2O2PSi/c1-33-27-37-21-18-26-43-45(37)44(28-33)50(31-36-19-12-9-13-20-36)49(51(43)54(38-22-14-10-15-23-38)39-24-16-11-17-25-39)46-35(3)41-30-48(4,47(52)53-5)29-40(41)34(2)42(46)32-55(6,7)8/h9,12-13,18-21,26-28,38-39H,10-11,14-17,22-25,29-32H2,1-8H3. The Bertz CT molecular complexity index is 2050. The lowest BCUT2D eigenvalue weighted by Crippen LogP contribution is -2.63. The van der Waals surface area contributed by atoms with Crippen LogP contribution in [0.3, 0.4) is 0 Å². The van der Waals surface area contributed by atoms with E-state index >= 15 is 0 Å². The van der Waals surface area contributed by atoms with Crippen molar-refractivity contribution in [2.24, 2.45) is 5.41 Å². The van der Waals surface area contributed by atoms with Crippen molar-refractivity contribution in [2.75, 3.05) is 16.5 Å². The molecule has 0 aromatic heterocycles. The van der Waals surface area contributed by atoms with E-state index in [1.165, 1.54) is 120 Å². The van der Waals surface area contributed by atoms with Crippen LogP contribution in [0.5, 0.6) is 0 Å². The first-order valence-electron chi connectivity index (χ1n) is 21.5. The van der Waals surface area contributed by atoms with Gasteiger partial charge in [0.1, 0.15) is 0 Å². The predicted molar refractivity (Wildman–Crippen MR) is 240 cm³/mol. The van der Waals surface area contributed by atoms with Gasteiger partial charge in [-0.05, 0) is 154 Å². The van der Waals surface area contributed by atoms with Crippen LogP contribution >= 0.6 is 8.07 Å². The highest BCUT2D eigenvalue weighted by atomic mass is 31.1. The molecule has 1 unspecified atom stereocenters. The highest BCUT2D eigenvalue weighted by Gasteiger charge is 2.51. The van der Waals surface area contributed by atoms with Crippen molar-refractivity contribution in [3.05, 3.63) is 99.6 Å². The lowest BCUT2D eigenvalue weighted by Gasteiger charge is -2.54. The summed E-state index contributed by atoms with van der Waals surface area (Å²) in [4.78, 5) is 16.4. The largest absolute Gasteiger partial charge is 0.469 e. The van der Waals surface area contributed by atoms with Crippen LogP contribution in [0.2, 0.25) is 19.6 Å². The van der Waals surface area contributed by atoms with Crippen molar-refractivity contribution < 1.29 is 9.53 Å². The lowest BCUT2D eigenvalue weighted by atomic mass is 9.58. The first-order valence-corrected chi connectivity index (χ1v) is 26.7. The number of aryl methyl sites for hydroxylation is 1. The molecule has 0 N–H and O–H groups in total. The number of nitrogens with zero attached hydrogens (tertiary/aromatic N) is 2. The predicted octanol–water partition coefficient (Wildman–Crippen LogP) is 11.7. The van der Waals surface area contributed by atoms with Gasteiger partial charge in [0.2, 0.25) is 0 Å². The Labute approximate surface area is 334 Å². The van der Waals surface area contributed by atoms with Crippen LogP contribution in [0, 0.1) is 26.2 Å². The Balaban J connectivity index is 1.47. The maximum Gasteiger partial charge on any atom is 0.415 e. The van der Waals surface area contributed by atoms with E-state index in [0.717, 1.165) is 36.7 Å². The summed E-state index contributed by atoms with van der Waals surface area (Å²) < 4.78 is 8.64. The molecule has 4 aliphatic rings. The van der Waals surface area contributed by atoms with Crippen molar-refractivity contribution in [1.29, 1.82) is 0 Å². The molecule has 7 heteroatoms. The summed E-state index contributed by atoms with van der Waals surface area (Å²) in [6, 6.07) is 24.6. The van der Waals surface area contributed by atoms with Crippen LogP contribution in [-0.2, 0) is 35.0 Å². The van der Waals surface area contributed by atoms with Gasteiger partial charge in [-0.2, -0.15) is 0 Å². The number of anilines is 2. The van der Waals surface area contributed by atoms with Crippen molar-refractivity contribution in [1.82, 2.24) is 0 Å². The minimum Gasteiger partial charge on any atom is -0.469 e. The molecule has 2 saturated carbocycles. The first kappa shape index (κ1) is 38.8. The van der Waals surface area contributed by atoms with Crippen LogP contribution in [-0.4, -0.2) is 39.5 Å². The van der Waals surface area contributed by atoms with E-state index in [4.69, 9.17) is 4.74 Å². The number of carbonyl (C=O) groups excluding carboxylic acids is 1. The molecule has 0 radical (unpaired) electrons. The fraction of sp³-hybridized carbons (Fsp3) is 0.521. The van der Waals surface area contributed by atoms with Gasteiger partial charge in [0.25, 0.3) is 0 Å². The average molecular weight is 771 g/mol. The number of benzene rings is 4. The molecule has 1 heterocycles. The van der Waals surface area contributed by atoms with Gasteiger partial charge < -0.3 is 14.1 Å². The summed E-state index contributed by atoms with van der Waals surface area (Å²) in [5.41, 5.74) is 15.3. The molecule has 4 nitrogen and oxygen atoms in total. The third-order valence-corrected chi connectivity index (χ3v) is 18.6. The molecular formula is C48H64BN2O2PSi. The molecule has 8 rings (SSSR count). The van der Waals surface area contributed by atoms with Gasteiger partial charge in [0.15, 0.2) is 0 Å². The summed E-state index contributed by atoms with van der Waals surface area (Å²) in [6.45, 7) is 17.9. The van der Waals surface area contributed by atoms with E-state index in [-0.39, 0.29) is 13.0 Å². The SMILES string of the molecule is COC(=O)C1(C)Cc2c(C)c(C[Si](C)(C)C)c(B3N(Cc4ccccc4)c4cc(C)cc5cccc(c45)N3P(C3CCCCC3)C3CCCCC3)c(C)c2C1. The number of fused-ring (bicyclic) bond motifs is 1. The molecule has 1 aliphatic heterocycles. The summed E-state index contributed by atoms with van der Waals surface area (Å²) in [7, 11) is -0.553. The molecule has 290 valence electrons. The van der Waals surface area contributed by atoms with Crippen LogP contribution in [0.1, 0.15) is 110 Å². The number of esters is 1. The van der Waals surface area contributed by atoms with Crippen molar-refractivity contribution in [3.63, 3.8) is 0 Å². The number of hydrogen-bond donors (Lipinski definition) is 0. The van der Waals surface area contributed by atoms with E-state index in [9.17, 15) is 4.79 Å². The Hall–Kier alpha value is -3.08. The van der Waals surface area contributed by atoms with Gasteiger partial charge in [0, 0.05) is 31.4 Å². The Morgan fingerprint density at radius 2 is 1.44 bits per heavy atom. The average Bonchev–Trinajstić information content (AvgIpc) is 3.55. The first-order chi connectivity index (χ1) is 26.4. The van der Waals surface area contributed by atoms with E-state index in [1.54, 1.807) is 18.1 Å². The number of ether oxygens (including phenoxy) is 1. The fourth-order valence-electron chi connectivity index (χ4n) is 11.2. The molecule has 1 atom stereocenters. The normalized spacial score (nSPS) is 20.8. The summed E-state index contributed by atoms with van der Waals surface area (Å²) >= 11 is 0. The number of rotatable bonds is 9. The quantitative estimate of drug-likeness (QED) is 0.0964. The van der Waals surface area contributed by atoms with Crippen molar-refractivity contribution in [3.8, 4) is 0 Å². The molecule has 4 aromatic rings. The van der Waals surface area contributed by atoms with Crippen LogP contribution in [0.4, 0.5) is 11.4 Å². The Morgan fingerprint density at radius 1 is 0.818 bits per heavy atom. The van der Waals surface area contributed by atoms with Gasteiger partial charge in [-0.1, -0.05) is 107 Å². The summed E-state index contributed by atoms with van der Waals surface area (Å²) in [5.74, 6) is -0.0741. The molecule has 0 amide bonds. The second-order valence-corrected chi connectivity index (χ2v) is 27.3. The maximum atomic E-state index is 13.5. The molecule has 2 fully saturated rings. The molecule has 4 aromatic carbocycles. The Morgan fingerprint density at radius 3 is 2.04 bits per heavy atom. The third-order valence-electron chi connectivity index (χ3n) is 13.7. The lowest BCUT2D eigenvalue weighted by molar-refractivity contribution is -0.151. The Kier molecular flexibility index (Phi) is 10.8. The van der Waals surface area contributed by atoms with E-state index < -0.39 is 21.6 Å². The smallest absolute Gasteiger partial charge is 0.415 e. The highest BCUT2D eigenvalue weighted by Crippen LogP contribution is 2.63. The summed E-state index contributed by atoms with van der Waals surface area (Å²) in [5, 5.41) is 2.81. The summed E-state index contributed by atoms with van der Waals surface area (Å²) in [6.07, 6.45) is 15.2. The molecule has 0 bridgehead atoms.